The van der Waals surface area contributed by atoms with Gasteiger partial charge in [0.05, 0.1) is 12.0 Å². The summed E-state index contributed by atoms with van der Waals surface area (Å²) < 4.78 is 4.99. The maximum Gasteiger partial charge on any atom is 0.242 e. The molecular weight excluding hydrogens is 264 g/mol. The summed E-state index contributed by atoms with van der Waals surface area (Å²) in [5.41, 5.74) is 6.42. The Bertz CT molecular complexity index is 611. The predicted molar refractivity (Wildman–Crippen MR) is 75.4 cm³/mol. The van der Waals surface area contributed by atoms with Crippen LogP contribution < -0.4 is 11.1 Å². The molecule has 0 aliphatic carbocycles. The van der Waals surface area contributed by atoms with E-state index in [9.17, 15) is 4.79 Å². The van der Waals surface area contributed by atoms with Crippen LogP contribution in [0.25, 0.3) is 10.2 Å². The number of aryl methyl sites for hydroxylation is 2. The van der Waals surface area contributed by atoms with Crippen LogP contribution in [-0.2, 0) is 9.53 Å². The normalized spacial score (nSPS) is 12.6. The number of nitrogens with one attached hydrogen (secondary N) is 1. The topological polar surface area (TPSA) is 90.1 Å². The highest BCUT2D eigenvalue weighted by Gasteiger charge is 2.18. The van der Waals surface area contributed by atoms with Gasteiger partial charge in [0.25, 0.3) is 0 Å². The largest absolute Gasteiger partial charge is 0.382 e. The number of methoxy groups -OCH3 is 1. The summed E-state index contributed by atoms with van der Waals surface area (Å²) in [6.45, 7) is 4.00. The number of amides is 1. The van der Waals surface area contributed by atoms with Crippen molar-refractivity contribution in [3.05, 3.63) is 16.8 Å². The Balaban J connectivity index is 2.43. The van der Waals surface area contributed by atoms with Crippen molar-refractivity contribution in [2.75, 3.05) is 19.0 Å². The number of anilines is 1. The third kappa shape index (κ3) is 2.82. The second kappa shape index (κ2) is 5.50. The molecule has 0 fully saturated rings. The molecule has 0 bridgehead atoms. The summed E-state index contributed by atoms with van der Waals surface area (Å²) in [6.07, 6.45) is 0. The summed E-state index contributed by atoms with van der Waals surface area (Å²) in [7, 11) is 1.52. The van der Waals surface area contributed by atoms with Gasteiger partial charge in [-0.15, -0.1) is 11.3 Å². The van der Waals surface area contributed by atoms with E-state index in [0.29, 0.717) is 11.6 Å². The molecule has 2 aromatic heterocycles. The highest BCUT2D eigenvalue weighted by atomic mass is 32.1. The molecule has 19 heavy (non-hydrogen) atoms. The average molecular weight is 280 g/mol. The van der Waals surface area contributed by atoms with Gasteiger partial charge in [0, 0.05) is 7.11 Å². The van der Waals surface area contributed by atoms with Crippen LogP contribution in [0.1, 0.15) is 11.4 Å². The maximum atomic E-state index is 11.4. The highest BCUT2D eigenvalue weighted by Crippen LogP contribution is 2.29. The van der Waals surface area contributed by atoms with Crippen molar-refractivity contribution in [3.8, 4) is 0 Å². The van der Waals surface area contributed by atoms with Gasteiger partial charge >= 0.3 is 0 Å². The molecule has 7 heteroatoms. The molecule has 0 aliphatic heterocycles. The minimum Gasteiger partial charge on any atom is -0.382 e. The molecule has 1 amide bonds. The van der Waals surface area contributed by atoms with Crippen LogP contribution in [0.4, 0.5) is 5.82 Å². The van der Waals surface area contributed by atoms with E-state index in [-0.39, 0.29) is 6.61 Å². The lowest BCUT2D eigenvalue weighted by Crippen LogP contribution is -2.39. The Morgan fingerprint density at radius 3 is 2.89 bits per heavy atom. The third-order valence-electron chi connectivity index (χ3n) is 2.72. The van der Waals surface area contributed by atoms with Gasteiger partial charge < -0.3 is 15.8 Å². The van der Waals surface area contributed by atoms with E-state index in [2.05, 4.69) is 15.3 Å². The van der Waals surface area contributed by atoms with E-state index in [0.717, 1.165) is 15.8 Å². The van der Waals surface area contributed by atoms with E-state index in [1.165, 1.54) is 7.11 Å². The second-order valence-electron chi connectivity index (χ2n) is 4.27. The van der Waals surface area contributed by atoms with Gasteiger partial charge in [-0.3, -0.25) is 4.79 Å². The van der Waals surface area contributed by atoms with Crippen molar-refractivity contribution in [1.82, 2.24) is 9.97 Å². The molecule has 2 rings (SSSR count). The first-order valence-electron chi connectivity index (χ1n) is 5.80. The van der Waals surface area contributed by atoms with Gasteiger partial charge in [0.1, 0.15) is 22.5 Å². The van der Waals surface area contributed by atoms with Gasteiger partial charge in [-0.1, -0.05) is 0 Å². The van der Waals surface area contributed by atoms with Crippen LogP contribution in [-0.4, -0.2) is 35.6 Å². The zero-order chi connectivity index (χ0) is 14.0. The fourth-order valence-electron chi connectivity index (χ4n) is 1.82. The molecule has 1 atom stereocenters. The van der Waals surface area contributed by atoms with E-state index >= 15 is 0 Å². The molecule has 3 N–H and O–H groups in total. The van der Waals surface area contributed by atoms with E-state index in [4.69, 9.17) is 10.5 Å². The van der Waals surface area contributed by atoms with Gasteiger partial charge in [0.15, 0.2) is 0 Å². The van der Waals surface area contributed by atoms with Gasteiger partial charge in [0.2, 0.25) is 5.91 Å². The number of carbonyl (C=O) groups excluding carboxylic acids is 1. The molecule has 2 aromatic rings. The van der Waals surface area contributed by atoms with Crippen LogP contribution in [0.2, 0.25) is 0 Å². The summed E-state index contributed by atoms with van der Waals surface area (Å²) in [6, 6.07) is -0.609. The first-order valence-corrected chi connectivity index (χ1v) is 6.68. The predicted octanol–water partition coefficient (Wildman–Crippen LogP) is 1.22. The summed E-state index contributed by atoms with van der Waals surface area (Å²) >= 11 is 1.55. The van der Waals surface area contributed by atoms with E-state index in [1.54, 1.807) is 11.3 Å². The van der Waals surface area contributed by atoms with Crippen molar-refractivity contribution < 1.29 is 9.53 Å². The van der Waals surface area contributed by atoms with Crippen molar-refractivity contribution in [3.63, 3.8) is 0 Å². The average Bonchev–Trinajstić information content (AvgIpc) is 2.70. The number of ether oxygens (including phenoxy) is 1. The molecule has 0 unspecified atom stereocenters. The Morgan fingerprint density at radius 2 is 2.26 bits per heavy atom. The Morgan fingerprint density at radius 1 is 1.53 bits per heavy atom. The van der Waals surface area contributed by atoms with Crippen LogP contribution in [0.3, 0.4) is 0 Å². The summed E-state index contributed by atoms with van der Waals surface area (Å²) in [4.78, 5) is 21.0. The SMILES string of the molecule is COC[C@@H](Nc1nc(C)nc2scc(C)c12)C(N)=O. The second-order valence-corrected chi connectivity index (χ2v) is 5.13. The molecule has 6 nitrogen and oxygen atoms in total. The Kier molecular flexibility index (Phi) is 3.96. The van der Waals surface area contributed by atoms with Crippen LogP contribution >= 0.6 is 11.3 Å². The maximum absolute atomic E-state index is 11.4. The first-order chi connectivity index (χ1) is 9.02. The van der Waals surface area contributed by atoms with Gasteiger partial charge in [-0.2, -0.15) is 0 Å². The molecule has 2 heterocycles. The van der Waals surface area contributed by atoms with Gasteiger partial charge in [-0.25, -0.2) is 9.97 Å². The van der Waals surface area contributed by atoms with Crippen LogP contribution in [0, 0.1) is 13.8 Å². The lowest BCUT2D eigenvalue weighted by atomic mass is 10.2. The van der Waals surface area contributed by atoms with Crippen LogP contribution in [0.5, 0.6) is 0 Å². The zero-order valence-electron chi connectivity index (χ0n) is 11.1. The molecule has 102 valence electrons. The molecular formula is C12H16N4O2S. The number of rotatable bonds is 5. The number of thiophene rings is 1. The monoisotopic (exact) mass is 280 g/mol. The number of hydrogen-bond acceptors (Lipinski definition) is 6. The quantitative estimate of drug-likeness (QED) is 0.859. The minimum absolute atomic E-state index is 0.197. The Labute approximate surface area is 115 Å². The molecule has 0 saturated carbocycles. The number of fused-ring (bicyclic) bond motifs is 1. The van der Waals surface area contributed by atoms with E-state index in [1.807, 2.05) is 19.2 Å². The van der Waals surface area contributed by atoms with Crippen molar-refractivity contribution >= 4 is 33.3 Å². The Hall–Kier alpha value is -1.73. The fourth-order valence-corrected chi connectivity index (χ4v) is 2.79. The minimum atomic E-state index is -0.609. The lowest BCUT2D eigenvalue weighted by molar-refractivity contribution is -0.119. The highest BCUT2D eigenvalue weighted by molar-refractivity contribution is 7.17. The van der Waals surface area contributed by atoms with Crippen molar-refractivity contribution in [1.29, 1.82) is 0 Å². The number of aromatic nitrogens is 2. The zero-order valence-corrected chi connectivity index (χ0v) is 11.9. The molecule has 0 aliphatic rings. The molecule has 0 radical (unpaired) electrons. The number of carbonyl (C=O) groups is 1. The molecule has 0 spiro atoms. The van der Waals surface area contributed by atoms with Gasteiger partial charge in [-0.05, 0) is 24.8 Å². The third-order valence-corrected chi connectivity index (χ3v) is 3.71. The van der Waals surface area contributed by atoms with Crippen LogP contribution in [0.15, 0.2) is 5.38 Å². The van der Waals surface area contributed by atoms with Crippen molar-refractivity contribution in [2.24, 2.45) is 5.73 Å². The standard InChI is InChI=1S/C12H16N4O2S/c1-6-5-19-12-9(6)11(14-7(2)15-12)16-8(4-18-3)10(13)17/h5,8H,4H2,1-3H3,(H2,13,17)(H,14,15,16)/t8-/m1/s1. The van der Waals surface area contributed by atoms with E-state index < -0.39 is 11.9 Å². The lowest BCUT2D eigenvalue weighted by Gasteiger charge is -2.16. The van der Waals surface area contributed by atoms with Crippen molar-refractivity contribution in [2.45, 2.75) is 19.9 Å². The smallest absolute Gasteiger partial charge is 0.242 e. The number of nitrogens with zero attached hydrogens (tertiary/aromatic N) is 2. The molecule has 0 saturated heterocycles. The summed E-state index contributed by atoms with van der Waals surface area (Å²) in [5, 5.41) is 5.99. The number of nitrogens with two attached hydrogens (primary N) is 1. The molecule has 0 aromatic carbocycles. The number of primary amides is 1. The fraction of sp³-hybridized carbons (Fsp3) is 0.417. The first kappa shape index (κ1) is 13.7. The number of hydrogen-bond donors (Lipinski definition) is 2. The summed E-state index contributed by atoms with van der Waals surface area (Å²) in [5.74, 6) is 0.804.